The maximum absolute atomic E-state index is 12.3. The summed E-state index contributed by atoms with van der Waals surface area (Å²) in [6, 6.07) is 0. The van der Waals surface area contributed by atoms with E-state index in [9.17, 15) is 9.59 Å². The zero-order valence-corrected chi connectivity index (χ0v) is 13.9. The fourth-order valence-electron chi connectivity index (χ4n) is 6.19. The van der Waals surface area contributed by atoms with Crippen LogP contribution in [0.1, 0.15) is 64.2 Å². The average molecular weight is 316 g/mol. The van der Waals surface area contributed by atoms with Gasteiger partial charge in [-0.05, 0) is 80.5 Å². The highest BCUT2D eigenvalue weighted by atomic mass is 16.2. The summed E-state index contributed by atoms with van der Waals surface area (Å²) in [5, 5.41) is 0. The van der Waals surface area contributed by atoms with E-state index in [0.717, 1.165) is 30.6 Å². The van der Waals surface area contributed by atoms with Crippen molar-refractivity contribution in [1.29, 1.82) is 0 Å². The first-order valence-electron chi connectivity index (χ1n) is 9.35. The zero-order valence-electron chi connectivity index (χ0n) is 13.9. The van der Waals surface area contributed by atoms with Gasteiger partial charge in [0.05, 0.1) is 0 Å². The quantitative estimate of drug-likeness (QED) is 0.618. The Labute approximate surface area is 138 Å². The lowest BCUT2D eigenvalue weighted by molar-refractivity contribution is -0.134. The number of amides is 2. The van der Waals surface area contributed by atoms with Gasteiger partial charge in [0.25, 0.3) is 0 Å². The Morgan fingerprint density at radius 1 is 0.957 bits per heavy atom. The second-order valence-corrected chi connectivity index (χ2v) is 8.66. The van der Waals surface area contributed by atoms with E-state index >= 15 is 0 Å². The molecule has 5 rings (SSSR count). The van der Waals surface area contributed by atoms with Crippen LogP contribution in [0.5, 0.6) is 0 Å². The molecule has 0 aromatic carbocycles. The van der Waals surface area contributed by atoms with E-state index in [4.69, 9.17) is 0 Å². The molecule has 5 aliphatic rings. The summed E-state index contributed by atoms with van der Waals surface area (Å²) >= 11 is 0. The molecule has 0 radical (unpaired) electrons. The van der Waals surface area contributed by atoms with Crippen molar-refractivity contribution in [2.45, 2.75) is 64.2 Å². The van der Waals surface area contributed by atoms with Crippen LogP contribution in [0.15, 0.2) is 12.2 Å². The molecule has 4 bridgehead atoms. The molecule has 4 nitrogen and oxygen atoms in total. The highest BCUT2D eigenvalue weighted by molar-refractivity contribution is 5.82. The van der Waals surface area contributed by atoms with Crippen LogP contribution in [0.4, 0.5) is 0 Å². The largest absolute Gasteiger partial charge is 0.273 e. The third-order valence-electron chi connectivity index (χ3n) is 6.60. The van der Waals surface area contributed by atoms with Gasteiger partial charge < -0.3 is 0 Å². The molecule has 126 valence electrons. The molecule has 4 fully saturated rings. The maximum Gasteiger partial charge on any atom is 0.238 e. The van der Waals surface area contributed by atoms with E-state index in [2.05, 4.69) is 23.0 Å². The molecule has 4 saturated carbocycles. The SMILES string of the molecule is O=C(C[C@H]1C=CCC1)NNC(=O)CC12CC3CC(CC(C3)C1)C2. The van der Waals surface area contributed by atoms with Crippen molar-refractivity contribution < 1.29 is 9.59 Å². The van der Waals surface area contributed by atoms with Crippen molar-refractivity contribution in [3.05, 3.63) is 12.2 Å². The number of hydrazine groups is 1. The molecule has 0 spiro atoms. The van der Waals surface area contributed by atoms with Crippen molar-refractivity contribution in [3.8, 4) is 0 Å². The van der Waals surface area contributed by atoms with Gasteiger partial charge in [0.15, 0.2) is 0 Å². The first-order chi connectivity index (χ1) is 11.1. The van der Waals surface area contributed by atoms with Crippen molar-refractivity contribution >= 4 is 11.8 Å². The lowest BCUT2D eigenvalue weighted by atomic mass is 9.49. The second-order valence-electron chi connectivity index (χ2n) is 8.66. The normalized spacial score (nSPS) is 40.3. The fraction of sp³-hybridized carbons (Fsp3) is 0.789. The lowest BCUT2D eigenvalue weighted by Crippen LogP contribution is -2.50. The first kappa shape index (κ1) is 15.2. The van der Waals surface area contributed by atoms with E-state index in [1.165, 1.54) is 38.5 Å². The van der Waals surface area contributed by atoms with Crippen molar-refractivity contribution in [2.24, 2.45) is 29.1 Å². The Hall–Kier alpha value is -1.32. The summed E-state index contributed by atoms with van der Waals surface area (Å²) in [5.74, 6) is 2.85. The van der Waals surface area contributed by atoms with Crippen LogP contribution in [0.3, 0.4) is 0 Å². The zero-order chi connectivity index (χ0) is 15.9. The standard InChI is InChI=1S/C19H28N2O2/c22-17(8-13-3-1-2-4-13)20-21-18(23)12-19-9-14-5-15(10-19)7-16(6-14)11-19/h1,3,13-16H,2,4-12H2,(H,20,22)(H,21,23)/t13-,14?,15?,16?,19?/m0/s1. The number of nitrogens with one attached hydrogen (secondary N) is 2. The summed E-state index contributed by atoms with van der Waals surface area (Å²) < 4.78 is 0. The molecule has 0 saturated heterocycles. The van der Waals surface area contributed by atoms with Gasteiger partial charge in [0.2, 0.25) is 11.8 Å². The molecular weight excluding hydrogens is 288 g/mol. The van der Waals surface area contributed by atoms with Gasteiger partial charge in [-0.3, -0.25) is 20.4 Å². The Morgan fingerprint density at radius 2 is 1.57 bits per heavy atom. The summed E-state index contributed by atoms with van der Waals surface area (Å²) in [6.45, 7) is 0. The number of carbonyl (C=O) groups is 2. The van der Waals surface area contributed by atoms with Crippen LogP contribution < -0.4 is 10.9 Å². The van der Waals surface area contributed by atoms with E-state index < -0.39 is 0 Å². The van der Waals surface area contributed by atoms with Crippen LogP contribution >= 0.6 is 0 Å². The molecule has 2 N–H and O–H groups in total. The van der Waals surface area contributed by atoms with E-state index in [1.54, 1.807) is 0 Å². The van der Waals surface area contributed by atoms with Gasteiger partial charge in [-0.2, -0.15) is 0 Å². The molecule has 4 heteroatoms. The number of hydrogen-bond donors (Lipinski definition) is 2. The maximum atomic E-state index is 12.3. The Balaban J connectivity index is 1.25. The monoisotopic (exact) mass is 316 g/mol. The highest BCUT2D eigenvalue weighted by Crippen LogP contribution is 2.61. The van der Waals surface area contributed by atoms with Crippen molar-refractivity contribution in [3.63, 3.8) is 0 Å². The Morgan fingerprint density at radius 3 is 2.13 bits per heavy atom. The Bertz CT molecular complexity index is 490. The molecular formula is C19H28N2O2. The van der Waals surface area contributed by atoms with Gasteiger partial charge in [-0.1, -0.05) is 12.2 Å². The summed E-state index contributed by atoms with van der Waals surface area (Å²) in [4.78, 5) is 24.2. The molecule has 5 aliphatic carbocycles. The minimum Gasteiger partial charge on any atom is -0.273 e. The molecule has 23 heavy (non-hydrogen) atoms. The van der Waals surface area contributed by atoms with Crippen LogP contribution in [-0.4, -0.2) is 11.8 Å². The smallest absolute Gasteiger partial charge is 0.238 e. The van der Waals surface area contributed by atoms with Gasteiger partial charge in [-0.25, -0.2) is 0 Å². The van der Waals surface area contributed by atoms with Crippen molar-refractivity contribution in [1.82, 2.24) is 10.9 Å². The molecule has 0 aromatic heterocycles. The second kappa shape index (κ2) is 5.95. The van der Waals surface area contributed by atoms with Crippen molar-refractivity contribution in [2.75, 3.05) is 0 Å². The molecule has 0 unspecified atom stereocenters. The van der Waals surface area contributed by atoms with Gasteiger partial charge in [0, 0.05) is 12.8 Å². The summed E-state index contributed by atoms with van der Waals surface area (Å²) in [7, 11) is 0. The van der Waals surface area contributed by atoms with Crippen LogP contribution in [0, 0.1) is 29.1 Å². The minimum atomic E-state index is -0.0691. The van der Waals surface area contributed by atoms with Gasteiger partial charge >= 0.3 is 0 Å². The number of carbonyl (C=O) groups excluding carboxylic acids is 2. The Kier molecular flexibility index (Phi) is 3.94. The number of allylic oxidation sites excluding steroid dienone is 2. The lowest BCUT2D eigenvalue weighted by Gasteiger charge is -2.56. The third-order valence-corrected chi connectivity index (χ3v) is 6.60. The van der Waals surface area contributed by atoms with E-state index in [1.807, 2.05) is 0 Å². The van der Waals surface area contributed by atoms with Crippen LogP contribution in [-0.2, 0) is 9.59 Å². The summed E-state index contributed by atoms with van der Waals surface area (Å²) in [6.07, 6.45) is 15.3. The van der Waals surface area contributed by atoms with Gasteiger partial charge in [0.1, 0.15) is 0 Å². The molecule has 0 aromatic rings. The molecule has 1 atom stereocenters. The highest BCUT2D eigenvalue weighted by Gasteiger charge is 2.51. The molecule has 0 aliphatic heterocycles. The minimum absolute atomic E-state index is 0.00210. The fourth-order valence-corrected chi connectivity index (χ4v) is 6.19. The predicted molar refractivity (Wildman–Crippen MR) is 88.0 cm³/mol. The van der Waals surface area contributed by atoms with Crippen LogP contribution in [0.25, 0.3) is 0 Å². The van der Waals surface area contributed by atoms with Gasteiger partial charge in [-0.15, -0.1) is 0 Å². The first-order valence-corrected chi connectivity index (χ1v) is 9.35. The average Bonchev–Trinajstić information content (AvgIpc) is 2.96. The van der Waals surface area contributed by atoms with E-state index in [-0.39, 0.29) is 17.2 Å². The molecule has 2 amide bonds. The number of hydrogen-bond acceptors (Lipinski definition) is 2. The van der Waals surface area contributed by atoms with E-state index in [0.29, 0.717) is 18.8 Å². The molecule has 0 heterocycles. The topological polar surface area (TPSA) is 58.2 Å². The third kappa shape index (κ3) is 3.31. The summed E-state index contributed by atoms with van der Waals surface area (Å²) in [5.41, 5.74) is 5.52. The predicted octanol–water partition coefficient (Wildman–Crippen LogP) is 3.10. The number of rotatable bonds is 4. The van der Waals surface area contributed by atoms with Crippen LogP contribution in [0.2, 0.25) is 0 Å².